The van der Waals surface area contributed by atoms with Crippen molar-refractivity contribution in [1.29, 1.82) is 0 Å². The third-order valence-electron chi connectivity index (χ3n) is 12.5. The van der Waals surface area contributed by atoms with Crippen molar-refractivity contribution in [3.63, 3.8) is 0 Å². The molecule has 9 aromatic rings. The first-order valence-electron chi connectivity index (χ1n) is 18.8. The van der Waals surface area contributed by atoms with Crippen molar-refractivity contribution in [2.24, 2.45) is 0 Å². The van der Waals surface area contributed by atoms with Crippen molar-refractivity contribution in [3.05, 3.63) is 121 Å². The van der Waals surface area contributed by atoms with Crippen molar-refractivity contribution in [2.75, 3.05) is 0 Å². The van der Waals surface area contributed by atoms with Crippen LogP contribution in [0.1, 0.15) is 0 Å². The van der Waals surface area contributed by atoms with Crippen LogP contribution in [0.15, 0.2) is 126 Å². The molecule has 9 rings (SSSR count). The van der Waals surface area contributed by atoms with Gasteiger partial charge in [-0.1, -0.05) is 125 Å². The van der Waals surface area contributed by atoms with E-state index < -0.39 is 0 Å². The van der Waals surface area contributed by atoms with E-state index in [9.17, 15) is 0 Å². The second-order valence-electron chi connectivity index (χ2n) is 15.1. The lowest BCUT2D eigenvalue weighted by atomic mass is 9.59. The zero-order valence-electron chi connectivity index (χ0n) is 32.0. The van der Waals surface area contributed by atoms with Crippen LogP contribution in [-0.2, 0) is 0 Å². The Morgan fingerprint density at radius 2 is 0.755 bits per heavy atom. The SMILES string of the molecule is Bc1c(B)c(B)c2c(-c3cccc(-c4ccccc4)c3)c3c(B)c(B)c(B)c(B)c3c(-c3ccc(-c4cccc5oc6ccccc6c45)cc3)c2c1B. The fourth-order valence-electron chi connectivity index (χ4n) is 9.02. The van der Waals surface area contributed by atoms with E-state index in [2.05, 4.69) is 178 Å². The largest absolute Gasteiger partial charge is 0.456 e. The number of furan rings is 1. The predicted molar refractivity (Wildman–Crippen MR) is 256 cm³/mol. The first kappa shape index (κ1) is 33.4. The quantitative estimate of drug-likeness (QED) is 0.167. The monoisotopic (exact) mass is 668 g/mol. The Bertz CT molecular complexity index is 2890. The molecule has 0 fully saturated rings. The molecular weight excluding hydrogens is 631 g/mol. The van der Waals surface area contributed by atoms with Crippen LogP contribution in [0.3, 0.4) is 0 Å². The minimum atomic E-state index is 0.922. The third kappa shape index (κ3) is 5.04. The van der Waals surface area contributed by atoms with Gasteiger partial charge in [0.05, 0.1) is 0 Å². The van der Waals surface area contributed by atoms with Crippen molar-refractivity contribution in [3.8, 4) is 44.5 Å². The summed E-state index contributed by atoms with van der Waals surface area (Å²) in [6.07, 6.45) is 0. The average molecular weight is 667 g/mol. The van der Waals surface area contributed by atoms with Crippen LogP contribution in [0.4, 0.5) is 0 Å². The van der Waals surface area contributed by atoms with E-state index >= 15 is 0 Å². The highest BCUT2D eigenvalue weighted by molar-refractivity contribution is 6.71. The van der Waals surface area contributed by atoms with Gasteiger partial charge in [-0.25, -0.2) is 0 Å². The van der Waals surface area contributed by atoms with Crippen molar-refractivity contribution < 1.29 is 4.42 Å². The van der Waals surface area contributed by atoms with E-state index in [1.54, 1.807) is 0 Å². The lowest BCUT2D eigenvalue weighted by Gasteiger charge is -2.28. The lowest BCUT2D eigenvalue weighted by Crippen LogP contribution is -2.50. The Balaban J connectivity index is 1.39. The zero-order valence-corrected chi connectivity index (χ0v) is 32.0. The molecule has 1 aromatic heterocycles. The molecule has 242 valence electrons. The van der Waals surface area contributed by atoms with Gasteiger partial charge < -0.3 is 4.42 Å². The minimum absolute atomic E-state index is 0.922. The molecule has 0 atom stereocenters. The van der Waals surface area contributed by atoms with Crippen molar-refractivity contribution in [1.82, 2.24) is 0 Å². The average Bonchev–Trinajstić information content (AvgIpc) is 3.59. The molecule has 0 bridgehead atoms. The maximum Gasteiger partial charge on any atom is 0.139 e. The Hall–Kier alpha value is -5.40. The van der Waals surface area contributed by atoms with E-state index in [-0.39, 0.29) is 0 Å². The van der Waals surface area contributed by atoms with Gasteiger partial charge in [-0.2, -0.15) is 0 Å². The van der Waals surface area contributed by atoms with Crippen LogP contribution >= 0.6 is 0 Å². The molecule has 0 aliphatic rings. The van der Waals surface area contributed by atoms with Crippen LogP contribution in [0.2, 0.25) is 0 Å². The fraction of sp³-hybridized carbons (Fsp3) is 0. The van der Waals surface area contributed by atoms with Gasteiger partial charge in [0, 0.05) is 10.8 Å². The summed E-state index contributed by atoms with van der Waals surface area (Å²) >= 11 is 0. The maximum absolute atomic E-state index is 6.27. The standard InChI is InChI=1S/C44H36B8O/c45-37-33-30(23-18-16-22(17-19-23)26-13-7-15-29-32(26)27-12-4-5-14-28(27)53-29)34-36(40(48)44(52)42(50)38(34)46)31(35(33)39(47)43(51)41(37)49)25-11-6-10-24(20-25)21-8-2-1-3-9-21/h1-20H,45-52H2. The zero-order chi connectivity index (χ0) is 36.7. The molecule has 1 heterocycles. The molecule has 0 aliphatic heterocycles. The summed E-state index contributed by atoms with van der Waals surface area (Å²) in [5.41, 5.74) is 22.8. The van der Waals surface area contributed by atoms with Gasteiger partial charge in [-0.05, 0) is 84.3 Å². The van der Waals surface area contributed by atoms with Gasteiger partial charge in [0.1, 0.15) is 73.9 Å². The number of rotatable bonds is 4. The summed E-state index contributed by atoms with van der Waals surface area (Å²) in [7, 11) is 18.6. The van der Waals surface area contributed by atoms with E-state index in [0.29, 0.717) is 0 Å². The topological polar surface area (TPSA) is 13.1 Å². The highest BCUT2D eigenvalue weighted by atomic mass is 16.3. The third-order valence-corrected chi connectivity index (χ3v) is 12.5. The number of hydrogen-bond donors (Lipinski definition) is 0. The first-order valence-corrected chi connectivity index (χ1v) is 18.8. The highest BCUT2D eigenvalue weighted by Gasteiger charge is 2.25. The first-order chi connectivity index (χ1) is 25.7. The summed E-state index contributed by atoms with van der Waals surface area (Å²) in [6.45, 7) is 0. The van der Waals surface area contributed by atoms with Gasteiger partial charge in [0.15, 0.2) is 0 Å². The molecule has 0 aliphatic carbocycles. The highest BCUT2D eigenvalue weighted by Crippen LogP contribution is 2.43. The summed E-state index contributed by atoms with van der Waals surface area (Å²) in [5, 5.41) is 7.77. The Morgan fingerprint density at radius 1 is 0.302 bits per heavy atom. The molecule has 0 spiro atoms. The second-order valence-corrected chi connectivity index (χ2v) is 15.1. The Morgan fingerprint density at radius 3 is 1.36 bits per heavy atom. The summed E-state index contributed by atoms with van der Waals surface area (Å²) in [4.78, 5) is 0. The van der Waals surface area contributed by atoms with Gasteiger partial charge in [0.2, 0.25) is 0 Å². The number of para-hydroxylation sites is 1. The maximum atomic E-state index is 6.27. The molecule has 1 nitrogen and oxygen atoms in total. The second kappa shape index (κ2) is 12.6. The smallest absolute Gasteiger partial charge is 0.139 e. The molecule has 9 heteroatoms. The molecule has 0 amide bonds. The molecule has 8 aromatic carbocycles. The van der Waals surface area contributed by atoms with E-state index in [1.165, 1.54) is 115 Å². The number of hydrogen-bond acceptors (Lipinski definition) is 1. The fourth-order valence-corrected chi connectivity index (χ4v) is 9.02. The van der Waals surface area contributed by atoms with Crippen LogP contribution in [-0.4, -0.2) is 62.8 Å². The summed E-state index contributed by atoms with van der Waals surface area (Å²) < 4.78 is 6.27. The van der Waals surface area contributed by atoms with Crippen LogP contribution < -0.4 is 43.7 Å². The Labute approximate surface area is 318 Å². The lowest BCUT2D eigenvalue weighted by molar-refractivity contribution is 0.669. The van der Waals surface area contributed by atoms with E-state index in [0.717, 1.165) is 16.6 Å². The van der Waals surface area contributed by atoms with E-state index in [4.69, 9.17) is 4.42 Å². The van der Waals surface area contributed by atoms with Gasteiger partial charge in [0.25, 0.3) is 0 Å². The normalized spacial score (nSPS) is 11.6. The number of fused-ring (bicyclic) bond motifs is 5. The van der Waals surface area contributed by atoms with Gasteiger partial charge >= 0.3 is 0 Å². The summed E-state index contributed by atoms with van der Waals surface area (Å²) in [5.74, 6) is 0. The van der Waals surface area contributed by atoms with Crippen LogP contribution in [0.25, 0.3) is 88.0 Å². The Kier molecular flexibility index (Phi) is 7.97. The molecule has 0 radical (unpaired) electrons. The van der Waals surface area contributed by atoms with Crippen molar-refractivity contribution in [2.45, 2.75) is 0 Å². The number of benzene rings is 8. The van der Waals surface area contributed by atoms with Gasteiger partial charge in [-0.15, -0.1) is 21.9 Å². The van der Waals surface area contributed by atoms with Crippen LogP contribution in [0, 0.1) is 0 Å². The molecule has 0 saturated carbocycles. The molecule has 0 saturated heterocycles. The summed E-state index contributed by atoms with van der Waals surface area (Å²) in [6, 6.07) is 44.1. The predicted octanol–water partition coefficient (Wildman–Crippen LogP) is -1.37. The molecule has 53 heavy (non-hydrogen) atoms. The minimum Gasteiger partial charge on any atom is -0.456 e. The molecular formula is C44H36B8O. The van der Waals surface area contributed by atoms with Gasteiger partial charge in [-0.3, -0.25) is 0 Å². The van der Waals surface area contributed by atoms with E-state index in [1.807, 2.05) is 6.07 Å². The molecule has 0 unspecified atom stereocenters. The molecule has 0 N–H and O–H groups in total. The van der Waals surface area contributed by atoms with Crippen molar-refractivity contribution >= 4 is 150 Å². The van der Waals surface area contributed by atoms with Crippen LogP contribution in [0.5, 0.6) is 0 Å².